The fourth-order valence-electron chi connectivity index (χ4n) is 0. The van der Waals surface area contributed by atoms with Crippen molar-refractivity contribution in [2.24, 2.45) is 0 Å². The van der Waals surface area contributed by atoms with Gasteiger partial charge in [0.25, 0.3) is 0 Å². The van der Waals surface area contributed by atoms with Gasteiger partial charge in [-0.3, -0.25) is 0 Å². The van der Waals surface area contributed by atoms with Crippen molar-refractivity contribution in [3.8, 4) is 0 Å². The summed E-state index contributed by atoms with van der Waals surface area (Å²) in [6.45, 7) is 0. The Kier molecular flexibility index (Phi) is 79.2. The molecule has 0 spiro atoms. The third-order valence-corrected chi connectivity index (χ3v) is 0. The molecule has 0 unspecified atom stereocenters. The maximum atomic E-state index is 8.30. The van der Waals surface area contributed by atoms with Crippen LogP contribution in [-0.2, 0) is 24.3 Å². The van der Waals surface area contributed by atoms with Crippen LogP contribution in [0.4, 0.5) is 0 Å². The van der Waals surface area contributed by atoms with Gasteiger partial charge in [-0.1, -0.05) is 0 Å². The average molecular weight is 141 g/mol. The molecule has 1 nitrogen and oxygen atoms in total. The Morgan fingerprint density at radius 3 is 1.50 bits per heavy atom. The molecule has 0 fully saturated rings. The molecule has 0 radical (unpaired) electrons. The maximum absolute atomic E-state index is 8.30. The van der Waals surface area contributed by atoms with Crippen molar-refractivity contribution in [1.29, 1.82) is 0 Å². The van der Waals surface area contributed by atoms with E-state index in [4.69, 9.17) is 3.25 Å². The molecule has 0 aromatic carbocycles. The third-order valence-electron chi connectivity index (χ3n) is 0. The molecule has 0 rings (SSSR count). The summed E-state index contributed by atoms with van der Waals surface area (Å²) in [6.07, 6.45) is 0. The molecule has 0 atom stereocenters. The number of hydrogen-bond acceptors (Lipinski definition) is 1. The molecule has 4 heteroatoms. The molecule has 0 bridgehead atoms. The van der Waals surface area contributed by atoms with E-state index in [-0.39, 0.29) is 51.3 Å². The molecule has 0 saturated carbocycles. The first-order valence-electron chi connectivity index (χ1n) is 0.183. The van der Waals surface area contributed by atoms with E-state index in [1.54, 1.807) is 0 Å². The first-order valence-corrected chi connectivity index (χ1v) is 1.08. The van der Waals surface area contributed by atoms with Gasteiger partial charge in [0.05, 0.1) is 0 Å². The van der Waals surface area contributed by atoms with Crippen molar-refractivity contribution >= 4 is 0 Å². The normalized spacial score (nSPS) is 0.750. The monoisotopic (exact) mass is 141 g/mol. The van der Waals surface area contributed by atoms with Crippen LogP contribution in [0.25, 0.3) is 0 Å². The van der Waals surface area contributed by atoms with Crippen molar-refractivity contribution < 1.29 is 75.6 Å². The van der Waals surface area contributed by atoms with Crippen molar-refractivity contribution in [2.45, 2.75) is 0 Å². The van der Waals surface area contributed by atoms with Gasteiger partial charge in [0, 0.05) is 0 Å². The third kappa shape index (κ3) is 8.91. The molecule has 4 heavy (non-hydrogen) atoms. The standard InChI is InChI=1S/Li.Na.Nb.O.2H/q2*+1;;;2*-1. The van der Waals surface area contributed by atoms with Gasteiger partial charge in [0.15, 0.2) is 0 Å². The number of rotatable bonds is 0. The molecule has 0 aliphatic rings. The van der Waals surface area contributed by atoms with Crippen molar-refractivity contribution in [2.75, 3.05) is 0 Å². The molecule has 0 aliphatic carbocycles. The van der Waals surface area contributed by atoms with E-state index in [2.05, 4.69) is 0 Å². The summed E-state index contributed by atoms with van der Waals surface area (Å²) in [7, 11) is 0. The van der Waals surface area contributed by atoms with E-state index in [9.17, 15) is 0 Å². The fourth-order valence-corrected chi connectivity index (χ4v) is 0. The zero-order chi connectivity index (χ0) is 2.00. The second-order valence-electron chi connectivity index (χ2n) is 0. The summed E-state index contributed by atoms with van der Waals surface area (Å²) in [4.78, 5) is 0. The van der Waals surface area contributed by atoms with Crippen molar-refractivity contribution in [1.82, 2.24) is 0 Å². The van der Waals surface area contributed by atoms with Gasteiger partial charge in [0.1, 0.15) is 0 Å². The predicted molar refractivity (Wildman–Crippen MR) is 2.91 cm³/mol. The van der Waals surface area contributed by atoms with Crippen molar-refractivity contribution in [3.63, 3.8) is 0 Å². The quantitative estimate of drug-likeness (QED) is 0.307. The second-order valence-corrected chi connectivity index (χ2v) is 0. The molecule has 0 N–H and O–H groups in total. The van der Waals surface area contributed by atoms with Crippen LogP contribution < -0.4 is 48.4 Å². The van der Waals surface area contributed by atoms with E-state index in [1.165, 1.54) is 0 Å². The molecule has 0 aromatic rings. The SMILES string of the molecule is [H-].[H-].[Li+].[Na+].[O]=[Nb]. The average Bonchev–Trinajstić information content (AvgIpc) is 1.00. The van der Waals surface area contributed by atoms with Crippen LogP contribution in [-0.4, -0.2) is 0 Å². The van der Waals surface area contributed by atoms with Crippen LogP contribution in [0.15, 0.2) is 0 Å². The van der Waals surface area contributed by atoms with Gasteiger partial charge >= 0.3 is 72.7 Å². The van der Waals surface area contributed by atoms with Gasteiger partial charge < -0.3 is 2.85 Å². The topological polar surface area (TPSA) is 17.1 Å². The minimum absolute atomic E-state index is 0. The van der Waals surface area contributed by atoms with Crippen LogP contribution in [0.3, 0.4) is 0 Å². The summed E-state index contributed by atoms with van der Waals surface area (Å²) >= 11 is 0.500. The Bertz CT molecular complexity index is 13.5. The summed E-state index contributed by atoms with van der Waals surface area (Å²) in [6, 6.07) is 0. The van der Waals surface area contributed by atoms with Gasteiger partial charge in [-0.2, -0.15) is 0 Å². The van der Waals surface area contributed by atoms with E-state index in [0.717, 1.165) is 0 Å². The Balaban J connectivity index is -0.000000000833. The van der Waals surface area contributed by atoms with Crippen LogP contribution in [0, 0.1) is 0 Å². The molecule has 0 amide bonds. The molecule has 0 aromatic heterocycles. The van der Waals surface area contributed by atoms with Crippen molar-refractivity contribution in [3.05, 3.63) is 0 Å². The molecule has 15 valence electrons. The summed E-state index contributed by atoms with van der Waals surface area (Å²) in [5.41, 5.74) is 0. The van der Waals surface area contributed by atoms with Crippen LogP contribution in [0.1, 0.15) is 2.85 Å². The van der Waals surface area contributed by atoms with E-state index >= 15 is 0 Å². The summed E-state index contributed by atoms with van der Waals surface area (Å²) < 4.78 is 8.30. The van der Waals surface area contributed by atoms with E-state index in [1.807, 2.05) is 0 Å². The van der Waals surface area contributed by atoms with Crippen LogP contribution in [0.2, 0.25) is 0 Å². The first kappa shape index (κ1) is 16.5. The fraction of sp³-hybridized carbons (Fsp3) is 0. The van der Waals surface area contributed by atoms with Gasteiger partial charge in [0.2, 0.25) is 0 Å². The Morgan fingerprint density at radius 1 is 1.50 bits per heavy atom. The van der Waals surface area contributed by atoms with Crippen LogP contribution >= 0.6 is 0 Å². The van der Waals surface area contributed by atoms with Gasteiger partial charge in [-0.15, -0.1) is 0 Å². The zero-order valence-electron chi connectivity index (χ0n) is 4.86. The second kappa shape index (κ2) is 19.2. The first-order chi connectivity index (χ1) is 1.00. The molecule has 0 saturated heterocycles. The Hall–Kier alpha value is 2.14. The molecule has 0 aliphatic heterocycles. The molecule has 0 heterocycles. The van der Waals surface area contributed by atoms with E-state index in [0.29, 0.717) is 21.0 Å². The molecular weight excluding hydrogens is 139 g/mol. The van der Waals surface area contributed by atoms with Crippen LogP contribution in [0.5, 0.6) is 0 Å². The van der Waals surface area contributed by atoms with E-state index < -0.39 is 0 Å². The molecular formula is H2LiNaNbO. The predicted octanol–water partition coefficient (Wildman–Crippen LogP) is -5.89. The van der Waals surface area contributed by atoms with Gasteiger partial charge in [-0.25, -0.2) is 0 Å². The zero-order valence-corrected chi connectivity index (χ0v) is 7.05. The minimum atomic E-state index is 0. The van der Waals surface area contributed by atoms with Gasteiger partial charge in [-0.05, 0) is 0 Å². The summed E-state index contributed by atoms with van der Waals surface area (Å²) in [5.74, 6) is 0. The Labute approximate surface area is 74.6 Å². The Morgan fingerprint density at radius 2 is 1.50 bits per heavy atom. The number of hydrogen-bond donors (Lipinski definition) is 0. The summed E-state index contributed by atoms with van der Waals surface area (Å²) in [5, 5.41) is 0.